The number of nitrogens with zero attached hydrogens (tertiary/aromatic N) is 3. The standard InChI is InChI=1S/C11H16IN3O/c1-2-16-10-3-5-15(6-4-10)11-13-7-9(12)8-14-11/h7-8,10H,2-6H2,1H3. The van der Waals surface area contributed by atoms with Crippen molar-refractivity contribution < 1.29 is 4.74 Å². The highest BCUT2D eigenvalue weighted by Gasteiger charge is 2.20. The van der Waals surface area contributed by atoms with Crippen LogP contribution in [0.1, 0.15) is 19.8 Å². The number of ether oxygens (including phenoxy) is 1. The van der Waals surface area contributed by atoms with E-state index < -0.39 is 0 Å². The van der Waals surface area contributed by atoms with Crippen molar-refractivity contribution in [2.75, 3.05) is 24.6 Å². The summed E-state index contributed by atoms with van der Waals surface area (Å²) in [5, 5.41) is 0. The molecule has 1 saturated heterocycles. The van der Waals surface area contributed by atoms with Crippen LogP contribution in [0.4, 0.5) is 5.95 Å². The number of hydrogen-bond acceptors (Lipinski definition) is 4. The van der Waals surface area contributed by atoms with Crippen LogP contribution >= 0.6 is 22.6 Å². The van der Waals surface area contributed by atoms with Crippen molar-refractivity contribution in [2.45, 2.75) is 25.9 Å². The molecule has 0 radical (unpaired) electrons. The number of piperidine rings is 1. The van der Waals surface area contributed by atoms with Crippen LogP contribution in [-0.2, 0) is 4.74 Å². The van der Waals surface area contributed by atoms with Gasteiger partial charge in [-0.15, -0.1) is 0 Å². The largest absolute Gasteiger partial charge is 0.378 e. The van der Waals surface area contributed by atoms with Gasteiger partial charge in [0.2, 0.25) is 5.95 Å². The van der Waals surface area contributed by atoms with Gasteiger partial charge < -0.3 is 9.64 Å². The molecule has 0 N–H and O–H groups in total. The molecule has 4 nitrogen and oxygen atoms in total. The second-order valence-corrected chi connectivity index (χ2v) is 5.09. The maximum atomic E-state index is 5.62. The Labute approximate surface area is 110 Å². The molecule has 5 heteroatoms. The molecule has 0 aliphatic carbocycles. The molecule has 88 valence electrons. The first-order valence-electron chi connectivity index (χ1n) is 5.63. The van der Waals surface area contributed by atoms with Crippen molar-refractivity contribution in [1.82, 2.24) is 9.97 Å². The van der Waals surface area contributed by atoms with Crippen molar-refractivity contribution >= 4 is 28.5 Å². The maximum absolute atomic E-state index is 5.62. The van der Waals surface area contributed by atoms with Crippen molar-refractivity contribution in [3.63, 3.8) is 0 Å². The zero-order chi connectivity index (χ0) is 11.4. The lowest BCUT2D eigenvalue weighted by Crippen LogP contribution is -2.38. The Morgan fingerprint density at radius 1 is 1.38 bits per heavy atom. The Morgan fingerprint density at radius 3 is 2.56 bits per heavy atom. The van der Waals surface area contributed by atoms with Crippen molar-refractivity contribution in [2.24, 2.45) is 0 Å². The summed E-state index contributed by atoms with van der Waals surface area (Å²) in [4.78, 5) is 10.9. The normalized spacial score (nSPS) is 17.8. The highest BCUT2D eigenvalue weighted by Crippen LogP contribution is 2.18. The quantitative estimate of drug-likeness (QED) is 0.794. The van der Waals surface area contributed by atoms with E-state index in [1.807, 2.05) is 12.4 Å². The second kappa shape index (κ2) is 5.77. The van der Waals surface area contributed by atoms with Crippen LogP contribution < -0.4 is 4.90 Å². The number of rotatable bonds is 3. The first kappa shape index (κ1) is 12.0. The SMILES string of the molecule is CCOC1CCN(c2ncc(I)cn2)CC1. The van der Waals surface area contributed by atoms with E-state index in [1.165, 1.54) is 0 Å². The molecule has 0 saturated carbocycles. The second-order valence-electron chi connectivity index (χ2n) is 3.84. The first-order valence-corrected chi connectivity index (χ1v) is 6.71. The van der Waals surface area contributed by atoms with Gasteiger partial charge in [0.05, 0.1) is 6.10 Å². The molecule has 0 amide bonds. The zero-order valence-corrected chi connectivity index (χ0v) is 11.6. The van der Waals surface area contributed by atoms with Gasteiger partial charge in [0.15, 0.2) is 0 Å². The fourth-order valence-corrected chi connectivity index (χ4v) is 2.21. The molecule has 0 bridgehead atoms. The predicted molar refractivity (Wildman–Crippen MR) is 71.6 cm³/mol. The van der Waals surface area contributed by atoms with E-state index in [1.54, 1.807) is 0 Å². The van der Waals surface area contributed by atoms with Gasteiger partial charge in [-0.1, -0.05) is 0 Å². The van der Waals surface area contributed by atoms with Gasteiger partial charge in [0, 0.05) is 35.7 Å². The van der Waals surface area contributed by atoms with Gasteiger partial charge in [-0.2, -0.15) is 0 Å². The lowest BCUT2D eigenvalue weighted by Gasteiger charge is -2.31. The molecule has 1 aromatic rings. The lowest BCUT2D eigenvalue weighted by molar-refractivity contribution is 0.0457. The van der Waals surface area contributed by atoms with Crippen LogP contribution in [0.25, 0.3) is 0 Å². The van der Waals surface area contributed by atoms with Crippen LogP contribution in [0, 0.1) is 3.57 Å². The van der Waals surface area contributed by atoms with Crippen LogP contribution in [0.5, 0.6) is 0 Å². The average Bonchev–Trinajstić information content (AvgIpc) is 2.32. The third kappa shape index (κ3) is 3.04. The molecule has 16 heavy (non-hydrogen) atoms. The minimum atomic E-state index is 0.421. The minimum absolute atomic E-state index is 0.421. The van der Waals surface area contributed by atoms with Gasteiger partial charge in [-0.3, -0.25) is 0 Å². The first-order chi connectivity index (χ1) is 7.79. The highest BCUT2D eigenvalue weighted by atomic mass is 127. The highest BCUT2D eigenvalue weighted by molar-refractivity contribution is 14.1. The Balaban J connectivity index is 1.91. The van der Waals surface area contributed by atoms with Crippen LogP contribution in [0.2, 0.25) is 0 Å². The summed E-state index contributed by atoms with van der Waals surface area (Å²) in [6.45, 7) is 4.84. The van der Waals surface area contributed by atoms with E-state index in [0.29, 0.717) is 6.10 Å². The van der Waals surface area contributed by atoms with E-state index in [9.17, 15) is 0 Å². The van der Waals surface area contributed by atoms with Crippen LogP contribution in [-0.4, -0.2) is 35.8 Å². The minimum Gasteiger partial charge on any atom is -0.378 e. The lowest BCUT2D eigenvalue weighted by atomic mass is 10.1. The summed E-state index contributed by atoms with van der Waals surface area (Å²) in [7, 11) is 0. The third-order valence-corrected chi connectivity index (χ3v) is 3.29. The number of aromatic nitrogens is 2. The van der Waals surface area contributed by atoms with E-state index in [0.717, 1.165) is 42.1 Å². The molecule has 1 aliphatic rings. The summed E-state index contributed by atoms with van der Waals surface area (Å²) in [5.41, 5.74) is 0. The van der Waals surface area contributed by atoms with Gasteiger partial charge in [0.1, 0.15) is 0 Å². The molecular formula is C11H16IN3O. The van der Waals surface area contributed by atoms with Crippen molar-refractivity contribution in [3.05, 3.63) is 16.0 Å². The smallest absolute Gasteiger partial charge is 0.225 e. The molecule has 0 aromatic carbocycles. The van der Waals surface area contributed by atoms with Gasteiger partial charge >= 0.3 is 0 Å². The molecule has 1 aromatic heterocycles. The Hall–Kier alpha value is -0.430. The van der Waals surface area contributed by atoms with Crippen molar-refractivity contribution in [3.8, 4) is 0 Å². The molecule has 2 heterocycles. The molecular weight excluding hydrogens is 317 g/mol. The van der Waals surface area contributed by atoms with E-state index >= 15 is 0 Å². The number of halogens is 1. The molecule has 0 unspecified atom stereocenters. The fraction of sp³-hybridized carbons (Fsp3) is 0.636. The fourth-order valence-electron chi connectivity index (χ4n) is 1.93. The molecule has 1 fully saturated rings. The molecule has 2 rings (SSSR count). The van der Waals surface area contributed by atoms with Crippen LogP contribution in [0.15, 0.2) is 12.4 Å². The van der Waals surface area contributed by atoms with Gasteiger partial charge in [-0.25, -0.2) is 9.97 Å². The van der Waals surface area contributed by atoms with Crippen LogP contribution in [0.3, 0.4) is 0 Å². The van der Waals surface area contributed by atoms with Gasteiger partial charge in [-0.05, 0) is 42.4 Å². The summed E-state index contributed by atoms with van der Waals surface area (Å²) in [6.07, 6.45) is 6.28. The Morgan fingerprint density at radius 2 is 2.00 bits per heavy atom. The van der Waals surface area contributed by atoms with Gasteiger partial charge in [0.25, 0.3) is 0 Å². The summed E-state index contributed by atoms with van der Waals surface area (Å²) in [6, 6.07) is 0. The summed E-state index contributed by atoms with van der Waals surface area (Å²) < 4.78 is 6.69. The Bertz CT molecular complexity index is 323. The maximum Gasteiger partial charge on any atom is 0.225 e. The van der Waals surface area contributed by atoms with E-state index in [2.05, 4.69) is 44.4 Å². The summed E-state index contributed by atoms with van der Waals surface area (Å²) >= 11 is 2.22. The summed E-state index contributed by atoms with van der Waals surface area (Å²) in [5.74, 6) is 0.843. The third-order valence-electron chi connectivity index (χ3n) is 2.73. The number of anilines is 1. The van der Waals surface area contributed by atoms with Crippen molar-refractivity contribution in [1.29, 1.82) is 0 Å². The molecule has 0 spiro atoms. The molecule has 0 atom stereocenters. The molecule has 1 aliphatic heterocycles. The van der Waals surface area contributed by atoms with E-state index in [4.69, 9.17) is 4.74 Å². The average molecular weight is 333 g/mol. The monoisotopic (exact) mass is 333 g/mol. The van der Waals surface area contributed by atoms with E-state index in [-0.39, 0.29) is 0 Å². The predicted octanol–water partition coefficient (Wildman–Crippen LogP) is 2.09. The zero-order valence-electron chi connectivity index (χ0n) is 9.40. The number of hydrogen-bond donors (Lipinski definition) is 0. The topological polar surface area (TPSA) is 38.2 Å². The Kier molecular flexibility index (Phi) is 4.34.